The van der Waals surface area contributed by atoms with Crippen molar-refractivity contribution in [3.05, 3.63) is 35.4 Å². The van der Waals surface area contributed by atoms with Gasteiger partial charge in [0.25, 0.3) is 0 Å². The molecule has 0 aromatic heterocycles. The Kier molecular flexibility index (Phi) is 3.98. The van der Waals surface area contributed by atoms with Crippen molar-refractivity contribution in [2.75, 3.05) is 0 Å². The summed E-state index contributed by atoms with van der Waals surface area (Å²) in [4.78, 5) is 0. The van der Waals surface area contributed by atoms with Crippen molar-refractivity contribution in [3.8, 4) is 0 Å². The maximum Gasteiger partial charge on any atom is 0.170 e. The van der Waals surface area contributed by atoms with Crippen molar-refractivity contribution in [1.82, 2.24) is 5.32 Å². The molecule has 0 amide bonds. The third kappa shape index (κ3) is 3.20. The number of nitrogens with zero attached hydrogens (tertiary/aromatic N) is 1. The van der Waals surface area contributed by atoms with Crippen molar-refractivity contribution in [3.63, 3.8) is 0 Å². The number of rotatable bonds is 4. The molecular formula is C13H19N3O. The van der Waals surface area contributed by atoms with Gasteiger partial charge in [-0.2, -0.15) is 0 Å². The van der Waals surface area contributed by atoms with Gasteiger partial charge in [0.15, 0.2) is 5.84 Å². The van der Waals surface area contributed by atoms with Crippen molar-refractivity contribution >= 4 is 5.84 Å². The molecule has 4 heteroatoms. The van der Waals surface area contributed by atoms with Gasteiger partial charge in [-0.3, -0.25) is 0 Å². The molecule has 92 valence electrons. The minimum absolute atomic E-state index is 0.160. The number of hydrogen-bond donors (Lipinski definition) is 3. The van der Waals surface area contributed by atoms with Crippen LogP contribution in [0.5, 0.6) is 0 Å². The monoisotopic (exact) mass is 233 g/mol. The summed E-state index contributed by atoms with van der Waals surface area (Å²) in [5.74, 6) is 0.160. The highest BCUT2D eigenvalue weighted by Gasteiger charge is 2.13. The molecule has 1 aliphatic carbocycles. The Morgan fingerprint density at radius 1 is 1.41 bits per heavy atom. The Morgan fingerprint density at radius 3 is 2.88 bits per heavy atom. The van der Waals surface area contributed by atoms with Crippen molar-refractivity contribution in [2.45, 2.75) is 38.3 Å². The topological polar surface area (TPSA) is 70.6 Å². The lowest BCUT2D eigenvalue weighted by atomic mass is 10.1. The second kappa shape index (κ2) is 5.68. The summed E-state index contributed by atoms with van der Waals surface area (Å²) in [5, 5.41) is 15.2. The molecule has 1 aromatic carbocycles. The van der Waals surface area contributed by atoms with Crippen molar-refractivity contribution in [1.29, 1.82) is 0 Å². The van der Waals surface area contributed by atoms with Gasteiger partial charge in [0.2, 0.25) is 0 Å². The summed E-state index contributed by atoms with van der Waals surface area (Å²) in [6.07, 6.45) is 5.23. The van der Waals surface area contributed by atoms with Gasteiger partial charge in [0.05, 0.1) is 0 Å². The van der Waals surface area contributed by atoms with Crippen LogP contribution < -0.4 is 11.1 Å². The first kappa shape index (κ1) is 11.9. The summed E-state index contributed by atoms with van der Waals surface area (Å²) in [6.45, 7) is 0.844. The van der Waals surface area contributed by atoms with Crippen LogP contribution in [0.2, 0.25) is 0 Å². The summed E-state index contributed by atoms with van der Waals surface area (Å²) in [6, 6.07) is 8.43. The number of nitrogens with two attached hydrogens (primary N) is 1. The SMILES string of the molecule is N/C(=N\O)c1cccc(CNC2CCCC2)c1. The highest BCUT2D eigenvalue weighted by molar-refractivity contribution is 5.97. The van der Waals surface area contributed by atoms with E-state index in [0.717, 1.165) is 12.1 Å². The van der Waals surface area contributed by atoms with E-state index < -0.39 is 0 Å². The number of oxime groups is 1. The largest absolute Gasteiger partial charge is 0.409 e. The lowest BCUT2D eigenvalue weighted by Gasteiger charge is -2.12. The maximum absolute atomic E-state index is 8.63. The minimum Gasteiger partial charge on any atom is -0.409 e. The summed E-state index contributed by atoms with van der Waals surface area (Å²) >= 11 is 0. The van der Waals surface area contributed by atoms with Crippen LogP contribution in [0.25, 0.3) is 0 Å². The molecule has 0 aliphatic heterocycles. The zero-order valence-electron chi connectivity index (χ0n) is 9.89. The summed E-state index contributed by atoms with van der Waals surface area (Å²) in [5.41, 5.74) is 7.49. The molecule has 0 unspecified atom stereocenters. The van der Waals surface area contributed by atoms with E-state index >= 15 is 0 Å². The second-order valence-corrected chi connectivity index (χ2v) is 4.55. The molecule has 0 bridgehead atoms. The van der Waals surface area contributed by atoms with Gasteiger partial charge < -0.3 is 16.3 Å². The molecule has 17 heavy (non-hydrogen) atoms. The van der Waals surface area contributed by atoms with Gasteiger partial charge in [-0.1, -0.05) is 36.2 Å². The highest BCUT2D eigenvalue weighted by Crippen LogP contribution is 2.18. The molecule has 0 radical (unpaired) electrons. The Bertz CT molecular complexity index is 397. The lowest BCUT2D eigenvalue weighted by molar-refractivity contribution is 0.318. The molecular weight excluding hydrogens is 214 g/mol. The smallest absolute Gasteiger partial charge is 0.170 e. The molecule has 2 rings (SSSR count). The van der Waals surface area contributed by atoms with Crippen molar-refractivity contribution < 1.29 is 5.21 Å². The van der Waals surface area contributed by atoms with Crippen LogP contribution in [-0.4, -0.2) is 17.1 Å². The van der Waals surface area contributed by atoms with Crippen molar-refractivity contribution in [2.24, 2.45) is 10.9 Å². The number of nitrogens with one attached hydrogen (secondary N) is 1. The van der Waals surface area contributed by atoms with Crippen LogP contribution in [0.1, 0.15) is 36.8 Å². The van der Waals surface area contributed by atoms with E-state index in [1.54, 1.807) is 0 Å². The predicted octanol–water partition coefficient (Wildman–Crippen LogP) is 1.81. The molecule has 1 fully saturated rings. The normalized spacial score (nSPS) is 17.5. The number of hydrogen-bond acceptors (Lipinski definition) is 3. The van der Waals surface area contributed by atoms with E-state index in [0.29, 0.717) is 6.04 Å². The summed E-state index contributed by atoms with van der Waals surface area (Å²) in [7, 11) is 0. The van der Waals surface area contributed by atoms with Gasteiger partial charge in [-0.15, -0.1) is 0 Å². The molecule has 0 saturated heterocycles. The first-order chi connectivity index (χ1) is 8.29. The Hall–Kier alpha value is -1.55. The molecule has 1 saturated carbocycles. The second-order valence-electron chi connectivity index (χ2n) is 4.55. The van der Waals surface area contributed by atoms with Gasteiger partial charge in [-0.25, -0.2) is 0 Å². The first-order valence-corrected chi connectivity index (χ1v) is 6.10. The average Bonchev–Trinajstić information content (AvgIpc) is 2.89. The first-order valence-electron chi connectivity index (χ1n) is 6.10. The van der Waals surface area contributed by atoms with Gasteiger partial charge in [-0.05, 0) is 24.5 Å². The Morgan fingerprint density at radius 2 is 2.18 bits per heavy atom. The zero-order valence-corrected chi connectivity index (χ0v) is 9.89. The van der Waals surface area contributed by atoms with Crippen LogP contribution >= 0.6 is 0 Å². The van der Waals surface area contributed by atoms with Crippen LogP contribution in [0, 0.1) is 0 Å². The lowest BCUT2D eigenvalue weighted by Crippen LogP contribution is -2.25. The fourth-order valence-corrected chi connectivity index (χ4v) is 2.29. The molecule has 4 N–H and O–H groups in total. The van der Waals surface area contributed by atoms with E-state index in [9.17, 15) is 0 Å². The number of amidine groups is 1. The zero-order chi connectivity index (χ0) is 12.1. The Balaban J connectivity index is 1.96. The Labute approximate surface area is 102 Å². The molecule has 0 atom stereocenters. The molecule has 1 aliphatic rings. The third-order valence-corrected chi connectivity index (χ3v) is 3.28. The van der Waals surface area contributed by atoms with Crippen LogP contribution in [-0.2, 0) is 6.54 Å². The van der Waals surface area contributed by atoms with Gasteiger partial charge >= 0.3 is 0 Å². The fourth-order valence-electron chi connectivity index (χ4n) is 2.29. The molecule has 0 heterocycles. The molecule has 4 nitrogen and oxygen atoms in total. The highest BCUT2D eigenvalue weighted by atomic mass is 16.4. The van der Waals surface area contributed by atoms with Gasteiger partial charge in [0.1, 0.15) is 0 Å². The quantitative estimate of drug-likeness (QED) is 0.321. The average molecular weight is 233 g/mol. The van der Waals surface area contributed by atoms with Gasteiger partial charge in [0, 0.05) is 18.2 Å². The van der Waals surface area contributed by atoms with Crippen LogP contribution in [0.15, 0.2) is 29.4 Å². The van der Waals surface area contributed by atoms with E-state index in [4.69, 9.17) is 10.9 Å². The maximum atomic E-state index is 8.63. The van der Waals surface area contributed by atoms with E-state index in [1.807, 2.05) is 18.2 Å². The molecule has 0 spiro atoms. The standard InChI is InChI=1S/C13H19N3O/c14-13(16-17)11-5-3-4-10(8-11)9-15-12-6-1-2-7-12/h3-5,8,12,15,17H,1-2,6-7,9H2,(H2,14,16). The fraction of sp³-hybridized carbons (Fsp3) is 0.462. The molecule has 1 aromatic rings. The summed E-state index contributed by atoms with van der Waals surface area (Å²) < 4.78 is 0. The third-order valence-electron chi connectivity index (χ3n) is 3.28. The van der Waals surface area contributed by atoms with E-state index in [-0.39, 0.29) is 5.84 Å². The van der Waals surface area contributed by atoms with Crippen LogP contribution in [0.3, 0.4) is 0 Å². The van der Waals surface area contributed by atoms with E-state index in [2.05, 4.69) is 16.5 Å². The number of benzene rings is 1. The van der Waals surface area contributed by atoms with E-state index in [1.165, 1.54) is 31.2 Å². The predicted molar refractivity (Wildman–Crippen MR) is 68.0 cm³/mol. The van der Waals surface area contributed by atoms with Crippen LogP contribution in [0.4, 0.5) is 0 Å². The minimum atomic E-state index is 0.160.